The molecule has 2 amide bonds. The smallest absolute Gasteiger partial charge is 0.269 e. The summed E-state index contributed by atoms with van der Waals surface area (Å²) in [6, 6.07) is 6.53. The number of hydrazine groups is 1. The molecule has 0 aromatic heterocycles. The van der Waals surface area contributed by atoms with Crippen molar-refractivity contribution in [3.05, 3.63) is 34.9 Å². The minimum Gasteiger partial charge on any atom is -0.273 e. The molecule has 18 heavy (non-hydrogen) atoms. The predicted octanol–water partition coefficient (Wildman–Crippen LogP) is 2.68. The molecule has 0 fully saturated rings. The van der Waals surface area contributed by atoms with Crippen LogP contribution >= 0.6 is 11.6 Å². The minimum absolute atomic E-state index is 0.182. The molecule has 5 heteroatoms. The number of benzene rings is 1. The van der Waals surface area contributed by atoms with Gasteiger partial charge in [-0.15, -0.1) is 0 Å². The molecule has 0 atom stereocenters. The van der Waals surface area contributed by atoms with E-state index in [0.717, 1.165) is 19.3 Å². The van der Waals surface area contributed by atoms with Crippen LogP contribution in [0.4, 0.5) is 0 Å². The quantitative estimate of drug-likeness (QED) is 0.637. The SMILES string of the molecule is CCCCCC(=O)NNC(=O)c1cccc(Cl)c1. The molecule has 4 nitrogen and oxygen atoms in total. The Kier molecular flexibility index (Phi) is 6.22. The fourth-order valence-electron chi connectivity index (χ4n) is 1.43. The first kappa shape index (κ1) is 14.5. The molecule has 0 unspecified atom stereocenters. The number of hydrogen-bond donors (Lipinski definition) is 2. The van der Waals surface area contributed by atoms with Crippen LogP contribution in [0, 0.1) is 0 Å². The molecule has 0 aliphatic rings. The molecule has 0 bridgehead atoms. The van der Waals surface area contributed by atoms with Gasteiger partial charge in [0.05, 0.1) is 0 Å². The number of unbranched alkanes of at least 4 members (excludes halogenated alkanes) is 2. The van der Waals surface area contributed by atoms with E-state index in [2.05, 4.69) is 17.8 Å². The molecule has 0 saturated heterocycles. The maximum absolute atomic E-state index is 11.6. The van der Waals surface area contributed by atoms with Crippen LogP contribution in [0.2, 0.25) is 5.02 Å². The summed E-state index contributed by atoms with van der Waals surface area (Å²) in [5.41, 5.74) is 5.15. The van der Waals surface area contributed by atoms with Gasteiger partial charge in [-0.3, -0.25) is 20.4 Å². The summed E-state index contributed by atoms with van der Waals surface area (Å²) in [4.78, 5) is 23.0. The Morgan fingerprint density at radius 3 is 2.67 bits per heavy atom. The van der Waals surface area contributed by atoms with Crippen molar-refractivity contribution < 1.29 is 9.59 Å². The maximum Gasteiger partial charge on any atom is 0.269 e. The van der Waals surface area contributed by atoms with Crippen LogP contribution in [0.15, 0.2) is 24.3 Å². The molecule has 1 aromatic rings. The second-order valence-corrected chi connectivity index (χ2v) is 4.41. The third-order valence-electron chi connectivity index (χ3n) is 2.41. The van der Waals surface area contributed by atoms with Crippen molar-refractivity contribution in [2.24, 2.45) is 0 Å². The van der Waals surface area contributed by atoms with Crippen LogP contribution in [0.3, 0.4) is 0 Å². The molecule has 0 spiro atoms. The summed E-state index contributed by atoms with van der Waals surface area (Å²) >= 11 is 5.77. The Morgan fingerprint density at radius 2 is 2.00 bits per heavy atom. The average molecular weight is 269 g/mol. The highest BCUT2D eigenvalue weighted by Crippen LogP contribution is 2.10. The first-order chi connectivity index (χ1) is 8.63. The summed E-state index contributed by atoms with van der Waals surface area (Å²) in [7, 11) is 0. The van der Waals surface area contributed by atoms with E-state index in [1.165, 1.54) is 0 Å². The van der Waals surface area contributed by atoms with Gasteiger partial charge in [-0.25, -0.2) is 0 Å². The van der Waals surface area contributed by atoms with Crippen molar-refractivity contribution in [3.63, 3.8) is 0 Å². The number of carbonyl (C=O) groups is 2. The fraction of sp³-hybridized carbons (Fsp3) is 0.385. The molecule has 0 saturated carbocycles. The molecule has 1 aromatic carbocycles. The Bertz CT molecular complexity index is 421. The van der Waals surface area contributed by atoms with Gasteiger partial charge in [-0.2, -0.15) is 0 Å². The lowest BCUT2D eigenvalue weighted by Crippen LogP contribution is -2.41. The first-order valence-corrected chi connectivity index (χ1v) is 6.36. The minimum atomic E-state index is -0.374. The molecular formula is C13H17ClN2O2. The highest BCUT2D eigenvalue weighted by molar-refractivity contribution is 6.30. The topological polar surface area (TPSA) is 58.2 Å². The highest BCUT2D eigenvalue weighted by atomic mass is 35.5. The molecule has 1 rings (SSSR count). The molecule has 0 radical (unpaired) electrons. The van der Waals surface area contributed by atoms with Crippen molar-refractivity contribution in [1.82, 2.24) is 10.9 Å². The summed E-state index contributed by atoms with van der Waals surface area (Å²) in [6.07, 6.45) is 3.32. The highest BCUT2D eigenvalue weighted by Gasteiger charge is 2.07. The van der Waals surface area contributed by atoms with E-state index in [4.69, 9.17) is 11.6 Å². The van der Waals surface area contributed by atoms with Gasteiger partial charge in [0.2, 0.25) is 5.91 Å². The van der Waals surface area contributed by atoms with Crippen molar-refractivity contribution in [2.45, 2.75) is 32.6 Å². The largest absolute Gasteiger partial charge is 0.273 e. The van der Waals surface area contributed by atoms with E-state index in [1.807, 2.05) is 0 Å². The van der Waals surface area contributed by atoms with Crippen LogP contribution < -0.4 is 10.9 Å². The van der Waals surface area contributed by atoms with Gasteiger partial charge in [0.15, 0.2) is 0 Å². The lowest BCUT2D eigenvalue weighted by atomic mass is 10.2. The molecular weight excluding hydrogens is 252 g/mol. The summed E-state index contributed by atoms with van der Waals surface area (Å²) in [5.74, 6) is -0.555. The van der Waals surface area contributed by atoms with Crippen molar-refractivity contribution in [2.75, 3.05) is 0 Å². The van der Waals surface area contributed by atoms with Crippen LogP contribution in [0.5, 0.6) is 0 Å². The Balaban J connectivity index is 2.35. The Morgan fingerprint density at radius 1 is 1.22 bits per heavy atom. The van der Waals surface area contributed by atoms with E-state index in [9.17, 15) is 9.59 Å². The van der Waals surface area contributed by atoms with Gasteiger partial charge in [-0.05, 0) is 24.6 Å². The van der Waals surface area contributed by atoms with Crippen LogP contribution in [-0.2, 0) is 4.79 Å². The normalized spacial score (nSPS) is 9.89. The van der Waals surface area contributed by atoms with Crippen LogP contribution in [-0.4, -0.2) is 11.8 Å². The van der Waals surface area contributed by atoms with Gasteiger partial charge in [0.25, 0.3) is 5.91 Å². The fourth-order valence-corrected chi connectivity index (χ4v) is 1.62. The van der Waals surface area contributed by atoms with Crippen molar-refractivity contribution in [3.8, 4) is 0 Å². The third-order valence-corrected chi connectivity index (χ3v) is 2.64. The summed E-state index contributed by atoms with van der Waals surface area (Å²) < 4.78 is 0. The summed E-state index contributed by atoms with van der Waals surface area (Å²) in [5, 5.41) is 0.483. The number of rotatable bonds is 5. The lowest BCUT2D eigenvalue weighted by molar-refractivity contribution is -0.121. The number of amides is 2. The summed E-state index contributed by atoms with van der Waals surface area (Å²) in [6.45, 7) is 2.07. The molecule has 0 heterocycles. The second-order valence-electron chi connectivity index (χ2n) is 3.97. The maximum atomic E-state index is 11.6. The van der Waals surface area contributed by atoms with Crippen LogP contribution in [0.25, 0.3) is 0 Å². The molecule has 0 aliphatic carbocycles. The Hall–Kier alpha value is -1.55. The van der Waals surface area contributed by atoms with E-state index in [1.54, 1.807) is 24.3 Å². The standard InChI is InChI=1S/C13H17ClN2O2/c1-2-3-4-8-12(17)15-16-13(18)10-6-5-7-11(14)9-10/h5-7,9H,2-4,8H2,1H3,(H,15,17)(H,16,18). The number of hydrogen-bond acceptors (Lipinski definition) is 2. The van der Waals surface area contributed by atoms with E-state index in [-0.39, 0.29) is 11.8 Å². The first-order valence-electron chi connectivity index (χ1n) is 5.98. The van der Waals surface area contributed by atoms with Gasteiger partial charge >= 0.3 is 0 Å². The third kappa shape index (κ3) is 5.19. The van der Waals surface area contributed by atoms with Crippen LogP contribution in [0.1, 0.15) is 43.0 Å². The second kappa shape index (κ2) is 7.71. The van der Waals surface area contributed by atoms with Gasteiger partial charge in [-0.1, -0.05) is 37.4 Å². The number of carbonyl (C=O) groups excluding carboxylic acids is 2. The van der Waals surface area contributed by atoms with E-state index < -0.39 is 0 Å². The molecule has 0 aliphatic heterocycles. The van der Waals surface area contributed by atoms with Gasteiger partial charge in [0.1, 0.15) is 0 Å². The zero-order chi connectivity index (χ0) is 13.4. The van der Waals surface area contributed by atoms with Gasteiger partial charge < -0.3 is 0 Å². The van der Waals surface area contributed by atoms with Crippen molar-refractivity contribution >= 4 is 23.4 Å². The predicted molar refractivity (Wildman–Crippen MR) is 71.2 cm³/mol. The Labute approximate surface area is 112 Å². The van der Waals surface area contributed by atoms with Gasteiger partial charge in [0, 0.05) is 17.0 Å². The lowest BCUT2D eigenvalue weighted by Gasteiger charge is -2.07. The van der Waals surface area contributed by atoms with E-state index >= 15 is 0 Å². The zero-order valence-corrected chi connectivity index (χ0v) is 11.1. The number of nitrogens with one attached hydrogen (secondary N) is 2. The zero-order valence-electron chi connectivity index (χ0n) is 10.3. The molecule has 2 N–H and O–H groups in total. The van der Waals surface area contributed by atoms with E-state index in [0.29, 0.717) is 17.0 Å². The molecule has 98 valence electrons. The number of halogens is 1. The average Bonchev–Trinajstić information content (AvgIpc) is 2.36. The van der Waals surface area contributed by atoms with Crippen molar-refractivity contribution in [1.29, 1.82) is 0 Å². The monoisotopic (exact) mass is 268 g/mol.